The average molecular weight is 171 g/mol. The number of unbranched alkanes of at least 4 members (excludes halogenated alkanes) is 2. The lowest BCUT2D eigenvalue weighted by Gasteiger charge is -2.19. The summed E-state index contributed by atoms with van der Waals surface area (Å²) in [5.74, 6) is 0. The standard InChI is InChI=1S/C9H19OSi/c1-2-3-5-8-11-9-6-4-7-10-11/h2-9H2,1H3. The molecule has 1 aliphatic rings. The monoisotopic (exact) mass is 171 g/mol. The maximum absolute atomic E-state index is 5.73. The molecular formula is C9H19OSi. The van der Waals surface area contributed by atoms with Crippen LogP contribution in [0.5, 0.6) is 0 Å². The van der Waals surface area contributed by atoms with Crippen LogP contribution in [0.25, 0.3) is 0 Å². The molecule has 0 unspecified atom stereocenters. The largest absolute Gasteiger partial charge is 0.417 e. The Bertz CT molecular complexity index is 89.6. The highest BCUT2D eigenvalue weighted by atomic mass is 28.3. The van der Waals surface area contributed by atoms with Gasteiger partial charge in [-0.25, -0.2) is 0 Å². The summed E-state index contributed by atoms with van der Waals surface area (Å²) in [4.78, 5) is 0. The zero-order valence-electron chi connectivity index (χ0n) is 7.57. The maximum Gasteiger partial charge on any atom is 0.211 e. The predicted octanol–water partition coefficient (Wildman–Crippen LogP) is 2.98. The van der Waals surface area contributed by atoms with Gasteiger partial charge in [0, 0.05) is 6.61 Å². The third kappa shape index (κ3) is 3.92. The van der Waals surface area contributed by atoms with Crippen molar-refractivity contribution >= 4 is 9.04 Å². The van der Waals surface area contributed by atoms with Crippen LogP contribution in [0.2, 0.25) is 12.1 Å². The Morgan fingerprint density at radius 2 is 2.18 bits per heavy atom. The highest BCUT2D eigenvalue weighted by Crippen LogP contribution is 2.16. The smallest absolute Gasteiger partial charge is 0.211 e. The summed E-state index contributed by atoms with van der Waals surface area (Å²) in [5, 5.41) is 0. The van der Waals surface area contributed by atoms with Crippen LogP contribution in [0.1, 0.15) is 39.0 Å². The SMILES string of the molecule is CCCCC[Si]1CCCCO1. The molecule has 0 spiro atoms. The van der Waals surface area contributed by atoms with Crippen LogP contribution in [0, 0.1) is 0 Å². The fourth-order valence-corrected chi connectivity index (χ4v) is 3.74. The van der Waals surface area contributed by atoms with E-state index in [9.17, 15) is 0 Å². The molecule has 0 amide bonds. The number of hydrogen-bond donors (Lipinski definition) is 0. The van der Waals surface area contributed by atoms with Crippen molar-refractivity contribution < 1.29 is 4.43 Å². The Morgan fingerprint density at radius 1 is 1.27 bits per heavy atom. The van der Waals surface area contributed by atoms with E-state index in [4.69, 9.17) is 4.43 Å². The first kappa shape index (κ1) is 9.27. The summed E-state index contributed by atoms with van der Waals surface area (Å²) < 4.78 is 5.73. The van der Waals surface area contributed by atoms with Gasteiger partial charge in [-0.2, -0.15) is 0 Å². The molecule has 1 nitrogen and oxygen atoms in total. The summed E-state index contributed by atoms with van der Waals surface area (Å²) in [6, 6.07) is 2.81. The van der Waals surface area contributed by atoms with Gasteiger partial charge in [0.05, 0.1) is 0 Å². The van der Waals surface area contributed by atoms with Crippen molar-refractivity contribution in [2.75, 3.05) is 6.61 Å². The summed E-state index contributed by atoms with van der Waals surface area (Å²) in [6.45, 7) is 3.32. The lowest BCUT2D eigenvalue weighted by atomic mass is 10.3. The van der Waals surface area contributed by atoms with E-state index >= 15 is 0 Å². The van der Waals surface area contributed by atoms with E-state index in [1.54, 1.807) is 0 Å². The van der Waals surface area contributed by atoms with Crippen molar-refractivity contribution in [3.63, 3.8) is 0 Å². The van der Waals surface area contributed by atoms with E-state index in [0.717, 1.165) is 6.61 Å². The molecule has 1 radical (unpaired) electrons. The first-order valence-electron chi connectivity index (χ1n) is 4.91. The Labute approximate surface area is 71.9 Å². The van der Waals surface area contributed by atoms with Crippen LogP contribution < -0.4 is 0 Å². The minimum absolute atomic E-state index is 0.321. The molecule has 0 saturated carbocycles. The predicted molar refractivity (Wildman–Crippen MR) is 50.1 cm³/mol. The molecule has 1 rings (SSSR count). The molecule has 2 heteroatoms. The summed E-state index contributed by atoms with van der Waals surface area (Å²) in [7, 11) is -0.321. The summed E-state index contributed by atoms with van der Waals surface area (Å²) >= 11 is 0. The highest BCUT2D eigenvalue weighted by Gasteiger charge is 2.15. The topological polar surface area (TPSA) is 9.23 Å². The Kier molecular flexibility index (Phi) is 4.87. The molecule has 65 valence electrons. The molecule has 1 heterocycles. The maximum atomic E-state index is 5.73. The van der Waals surface area contributed by atoms with Crippen LogP contribution in [-0.2, 0) is 4.43 Å². The average Bonchev–Trinajstić information content (AvgIpc) is 2.07. The van der Waals surface area contributed by atoms with Gasteiger partial charge in [0.15, 0.2) is 0 Å². The van der Waals surface area contributed by atoms with Gasteiger partial charge in [-0.3, -0.25) is 0 Å². The molecule has 0 N–H and O–H groups in total. The molecule has 1 fully saturated rings. The first-order valence-corrected chi connectivity index (χ1v) is 6.73. The fourth-order valence-electron chi connectivity index (χ4n) is 1.48. The third-order valence-corrected chi connectivity index (χ3v) is 4.65. The molecular weight excluding hydrogens is 152 g/mol. The van der Waals surface area contributed by atoms with Gasteiger partial charge in [0.25, 0.3) is 0 Å². The van der Waals surface area contributed by atoms with Crippen molar-refractivity contribution in [2.45, 2.75) is 51.1 Å². The van der Waals surface area contributed by atoms with Gasteiger partial charge < -0.3 is 4.43 Å². The van der Waals surface area contributed by atoms with Crippen LogP contribution in [0.15, 0.2) is 0 Å². The van der Waals surface area contributed by atoms with E-state index in [0.29, 0.717) is 0 Å². The minimum atomic E-state index is -0.321. The van der Waals surface area contributed by atoms with Gasteiger partial charge in [0.2, 0.25) is 9.04 Å². The molecule has 0 bridgehead atoms. The van der Waals surface area contributed by atoms with Gasteiger partial charge in [0.1, 0.15) is 0 Å². The van der Waals surface area contributed by atoms with Crippen LogP contribution in [0.4, 0.5) is 0 Å². The third-order valence-electron chi connectivity index (χ3n) is 2.22. The minimum Gasteiger partial charge on any atom is -0.417 e. The van der Waals surface area contributed by atoms with Gasteiger partial charge >= 0.3 is 0 Å². The number of hydrogen-bond acceptors (Lipinski definition) is 1. The lowest BCUT2D eigenvalue weighted by molar-refractivity contribution is 0.285. The normalized spacial score (nSPS) is 20.5. The molecule has 0 aromatic rings. The quantitative estimate of drug-likeness (QED) is 0.467. The second kappa shape index (κ2) is 5.78. The molecule has 1 aliphatic heterocycles. The van der Waals surface area contributed by atoms with Gasteiger partial charge in [-0.15, -0.1) is 0 Å². The van der Waals surface area contributed by atoms with Crippen molar-refractivity contribution in [1.82, 2.24) is 0 Å². The Morgan fingerprint density at radius 3 is 2.82 bits per heavy atom. The van der Waals surface area contributed by atoms with Crippen LogP contribution in [-0.4, -0.2) is 15.6 Å². The Balaban J connectivity index is 1.96. The van der Waals surface area contributed by atoms with Crippen molar-refractivity contribution in [3.8, 4) is 0 Å². The highest BCUT2D eigenvalue weighted by molar-refractivity contribution is 6.51. The van der Waals surface area contributed by atoms with E-state index in [-0.39, 0.29) is 9.04 Å². The van der Waals surface area contributed by atoms with E-state index in [1.807, 2.05) is 0 Å². The molecule has 0 aromatic heterocycles. The Hall–Kier alpha value is 0.177. The second-order valence-corrected chi connectivity index (χ2v) is 5.67. The van der Waals surface area contributed by atoms with Gasteiger partial charge in [-0.1, -0.05) is 32.6 Å². The summed E-state index contributed by atoms with van der Waals surface area (Å²) in [5.41, 5.74) is 0. The van der Waals surface area contributed by atoms with Crippen molar-refractivity contribution in [3.05, 3.63) is 0 Å². The second-order valence-electron chi connectivity index (χ2n) is 3.30. The molecule has 0 atom stereocenters. The van der Waals surface area contributed by atoms with Crippen molar-refractivity contribution in [2.24, 2.45) is 0 Å². The van der Waals surface area contributed by atoms with Crippen LogP contribution in [0.3, 0.4) is 0 Å². The zero-order valence-corrected chi connectivity index (χ0v) is 8.57. The van der Waals surface area contributed by atoms with Crippen molar-refractivity contribution in [1.29, 1.82) is 0 Å². The zero-order chi connectivity index (χ0) is 7.94. The number of rotatable bonds is 4. The van der Waals surface area contributed by atoms with E-state index < -0.39 is 0 Å². The summed E-state index contributed by atoms with van der Waals surface area (Å²) in [6.07, 6.45) is 6.89. The van der Waals surface area contributed by atoms with E-state index in [1.165, 1.54) is 44.2 Å². The molecule has 0 aromatic carbocycles. The molecule has 11 heavy (non-hydrogen) atoms. The first-order chi connectivity index (χ1) is 5.43. The molecule has 1 saturated heterocycles. The fraction of sp³-hybridized carbons (Fsp3) is 1.00. The van der Waals surface area contributed by atoms with Crippen LogP contribution >= 0.6 is 0 Å². The molecule has 0 aliphatic carbocycles. The lowest BCUT2D eigenvalue weighted by Crippen LogP contribution is -2.22. The van der Waals surface area contributed by atoms with Gasteiger partial charge in [-0.05, 0) is 18.5 Å². The van der Waals surface area contributed by atoms with E-state index in [2.05, 4.69) is 6.92 Å².